The number of hydrogen-bond donors (Lipinski definition) is 0. The summed E-state index contributed by atoms with van der Waals surface area (Å²) < 4.78 is 6.52. The first-order valence-corrected chi connectivity index (χ1v) is 10.7. The van der Waals surface area contributed by atoms with Gasteiger partial charge in [-0.3, -0.25) is 9.59 Å². The van der Waals surface area contributed by atoms with Crippen LogP contribution in [0.4, 0.5) is 0 Å². The van der Waals surface area contributed by atoms with Crippen LogP contribution in [0.25, 0.3) is 0 Å². The van der Waals surface area contributed by atoms with Gasteiger partial charge < -0.3 is 14.5 Å². The van der Waals surface area contributed by atoms with Crippen molar-refractivity contribution in [2.45, 2.75) is 62.9 Å². The van der Waals surface area contributed by atoms with E-state index < -0.39 is 0 Å². The highest BCUT2D eigenvalue weighted by atomic mass is 16.5. The van der Waals surface area contributed by atoms with Gasteiger partial charge in [0.05, 0.1) is 0 Å². The lowest BCUT2D eigenvalue weighted by molar-refractivity contribution is -0.139. The molecule has 5 heteroatoms. The van der Waals surface area contributed by atoms with Gasteiger partial charge in [0.15, 0.2) is 0 Å². The number of para-hydroxylation sites is 1. The second kappa shape index (κ2) is 7.76. The number of amides is 2. The molecule has 5 nitrogen and oxygen atoms in total. The molecule has 152 valence electrons. The van der Waals surface area contributed by atoms with E-state index in [9.17, 15) is 9.59 Å². The molecule has 1 aromatic carbocycles. The van der Waals surface area contributed by atoms with Crippen molar-refractivity contribution in [1.29, 1.82) is 0 Å². The molecule has 0 radical (unpaired) electrons. The molecule has 1 aliphatic carbocycles. The van der Waals surface area contributed by atoms with Crippen molar-refractivity contribution in [3.8, 4) is 5.75 Å². The van der Waals surface area contributed by atoms with E-state index in [2.05, 4.69) is 11.0 Å². The van der Waals surface area contributed by atoms with Crippen molar-refractivity contribution in [3.05, 3.63) is 29.8 Å². The molecule has 0 aromatic heterocycles. The Morgan fingerprint density at radius 3 is 2.50 bits per heavy atom. The van der Waals surface area contributed by atoms with Gasteiger partial charge in [-0.05, 0) is 30.9 Å². The second-order valence-corrected chi connectivity index (χ2v) is 9.02. The first kappa shape index (κ1) is 19.3. The number of carbonyl (C=O) groups excluding carboxylic acids is 2. The van der Waals surface area contributed by atoms with Gasteiger partial charge in [0.1, 0.15) is 11.4 Å². The van der Waals surface area contributed by atoms with E-state index >= 15 is 0 Å². The largest absolute Gasteiger partial charge is 0.487 e. The highest BCUT2D eigenvalue weighted by Crippen LogP contribution is 2.46. The predicted molar refractivity (Wildman–Crippen MR) is 108 cm³/mol. The van der Waals surface area contributed by atoms with Gasteiger partial charge in [0.2, 0.25) is 11.8 Å². The molecule has 0 bridgehead atoms. The number of likely N-dealkylation sites (tertiary alicyclic amines) is 1. The maximum atomic E-state index is 12.8. The van der Waals surface area contributed by atoms with Crippen LogP contribution in [-0.2, 0) is 9.59 Å². The Balaban J connectivity index is 1.48. The number of hydrogen-bond acceptors (Lipinski definition) is 3. The fourth-order valence-corrected chi connectivity index (χ4v) is 5.19. The van der Waals surface area contributed by atoms with Crippen LogP contribution in [-0.4, -0.2) is 54.4 Å². The molecule has 0 unspecified atom stereocenters. The van der Waals surface area contributed by atoms with Crippen LogP contribution < -0.4 is 4.74 Å². The fraction of sp³-hybridized carbons (Fsp3) is 0.652. The summed E-state index contributed by atoms with van der Waals surface area (Å²) in [4.78, 5) is 28.9. The Labute approximate surface area is 168 Å². The summed E-state index contributed by atoms with van der Waals surface area (Å²) in [6.07, 6.45) is 7.57. The van der Waals surface area contributed by atoms with Gasteiger partial charge in [0, 0.05) is 58.3 Å². The first-order chi connectivity index (χ1) is 13.5. The number of carbonyl (C=O) groups is 2. The standard InChI is InChI=1S/C23H32N2O3/c1-24(2)21(26)15-18-16-23(28-20-10-6-5-9-19(18)20)11-13-25(14-12-23)22(27)17-7-3-4-8-17/h5-6,9-10,17-18H,3-4,7-8,11-16H2,1-2H3/t18-/m0/s1. The molecule has 2 aliphatic heterocycles. The summed E-state index contributed by atoms with van der Waals surface area (Å²) >= 11 is 0. The van der Waals surface area contributed by atoms with Crippen molar-refractivity contribution in [2.75, 3.05) is 27.2 Å². The highest BCUT2D eigenvalue weighted by Gasteiger charge is 2.45. The number of piperidine rings is 1. The predicted octanol–water partition coefficient (Wildman–Crippen LogP) is 3.58. The molecule has 1 aromatic rings. The molecular formula is C23H32N2O3. The molecule has 3 aliphatic rings. The number of nitrogens with zero attached hydrogens (tertiary/aromatic N) is 2. The van der Waals surface area contributed by atoms with Gasteiger partial charge >= 0.3 is 0 Å². The Kier molecular flexibility index (Phi) is 5.35. The van der Waals surface area contributed by atoms with Crippen LogP contribution in [0.3, 0.4) is 0 Å². The molecule has 1 atom stereocenters. The highest BCUT2D eigenvalue weighted by molar-refractivity contribution is 5.79. The average Bonchev–Trinajstić information content (AvgIpc) is 3.23. The van der Waals surface area contributed by atoms with Crippen molar-refractivity contribution in [1.82, 2.24) is 9.80 Å². The smallest absolute Gasteiger partial charge is 0.225 e. The van der Waals surface area contributed by atoms with E-state index in [0.29, 0.717) is 12.3 Å². The molecule has 2 amide bonds. The molecule has 1 saturated heterocycles. The van der Waals surface area contributed by atoms with Crippen LogP contribution in [0.1, 0.15) is 62.8 Å². The van der Waals surface area contributed by atoms with Gasteiger partial charge in [-0.2, -0.15) is 0 Å². The van der Waals surface area contributed by atoms with Crippen LogP contribution >= 0.6 is 0 Å². The number of fused-ring (bicyclic) bond motifs is 1. The van der Waals surface area contributed by atoms with Crippen LogP contribution in [0.2, 0.25) is 0 Å². The number of ether oxygens (including phenoxy) is 1. The summed E-state index contributed by atoms with van der Waals surface area (Å²) in [5, 5.41) is 0. The Morgan fingerprint density at radius 1 is 1.14 bits per heavy atom. The fourth-order valence-electron chi connectivity index (χ4n) is 5.19. The van der Waals surface area contributed by atoms with E-state index in [0.717, 1.165) is 56.5 Å². The third kappa shape index (κ3) is 3.76. The minimum Gasteiger partial charge on any atom is -0.487 e. The van der Waals surface area contributed by atoms with E-state index in [1.807, 2.05) is 32.3 Å². The summed E-state index contributed by atoms with van der Waals surface area (Å²) in [7, 11) is 3.63. The van der Waals surface area contributed by atoms with Gasteiger partial charge in [-0.1, -0.05) is 31.0 Å². The number of rotatable bonds is 3. The summed E-state index contributed by atoms with van der Waals surface area (Å²) in [6, 6.07) is 8.14. The SMILES string of the molecule is CN(C)C(=O)C[C@H]1CC2(CCN(C(=O)C3CCCC3)CC2)Oc2ccccc21. The molecule has 28 heavy (non-hydrogen) atoms. The van der Waals surface area contributed by atoms with E-state index in [1.54, 1.807) is 4.90 Å². The topological polar surface area (TPSA) is 49.9 Å². The lowest BCUT2D eigenvalue weighted by Gasteiger charge is -2.47. The minimum atomic E-state index is -0.252. The quantitative estimate of drug-likeness (QED) is 0.800. The Bertz CT molecular complexity index is 731. The van der Waals surface area contributed by atoms with E-state index in [4.69, 9.17) is 4.74 Å². The summed E-state index contributed by atoms with van der Waals surface area (Å²) in [5.41, 5.74) is 0.894. The third-order valence-electron chi connectivity index (χ3n) is 6.91. The normalized spacial score (nSPS) is 23.9. The zero-order chi connectivity index (χ0) is 19.7. The molecule has 1 saturated carbocycles. The molecule has 0 N–H and O–H groups in total. The molecule has 1 spiro atoms. The third-order valence-corrected chi connectivity index (χ3v) is 6.91. The molecular weight excluding hydrogens is 352 g/mol. The van der Waals surface area contributed by atoms with Crippen LogP contribution in [0.15, 0.2) is 24.3 Å². The van der Waals surface area contributed by atoms with Gasteiger partial charge in [-0.15, -0.1) is 0 Å². The maximum Gasteiger partial charge on any atom is 0.225 e. The van der Waals surface area contributed by atoms with Crippen molar-refractivity contribution in [2.24, 2.45) is 5.92 Å². The summed E-state index contributed by atoms with van der Waals surface area (Å²) in [5.74, 6) is 1.85. The van der Waals surface area contributed by atoms with E-state index in [1.165, 1.54) is 12.8 Å². The monoisotopic (exact) mass is 384 g/mol. The van der Waals surface area contributed by atoms with Crippen molar-refractivity contribution < 1.29 is 14.3 Å². The first-order valence-electron chi connectivity index (χ1n) is 10.7. The minimum absolute atomic E-state index is 0.158. The lowest BCUT2D eigenvalue weighted by Crippen LogP contribution is -2.52. The van der Waals surface area contributed by atoms with Gasteiger partial charge in [0.25, 0.3) is 0 Å². The lowest BCUT2D eigenvalue weighted by atomic mass is 9.76. The Morgan fingerprint density at radius 2 is 1.82 bits per heavy atom. The Hall–Kier alpha value is -2.04. The zero-order valence-electron chi connectivity index (χ0n) is 17.2. The van der Waals surface area contributed by atoms with E-state index in [-0.39, 0.29) is 23.3 Å². The molecule has 4 rings (SSSR count). The van der Waals surface area contributed by atoms with Crippen LogP contribution in [0.5, 0.6) is 5.75 Å². The van der Waals surface area contributed by atoms with Gasteiger partial charge in [-0.25, -0.2) is 0 Å². The average molecular weight is 385 g/mol. The van der Waals surface area contributed by atoms with Crippen molar-refractivity contribution in [3.63, 3.8) is 0 Å². The zero-order valence-corrected chi connectivity index (χ0v) is 17.2. The number of benzene rings is 1. The molecule has 2 fully saturated rings. The maximum absolute atomic E-state index is 12.8. The molecule has 2 heterocycles. The summed E-state index contributed by atoms with van der Waals surface area (Å²) in [6.45, 7) is 1.54. The van der Waals surface area contributed by atoms with Crippen LogP contribution in [0, 0.1) is 5.92 Å². The second-order valence-electron chi connectivity index (χ2n) is 9.02. The van der Waals surface area contributed by atoms with Crippen molar-refractivity contribution >= 4 is 11.8 Å².